The first-order chi connectivity index (χ1) is 14.2. The molecule has 0 radical (unpaired) electrons. The van der Waals surface area contributed by atoms with Gasteiger partial charge in [0.1, 0.15) is 5.75 Å². The summed E-state index contributed by atoms with van der Waals surface area (Å²) in [6.07, 6.45) is 1.20. The summed E-state index contributed by atoms with van der Waals surface area (Å²) in [6.45, 7) is 5.47. The third-order valence-corrected chi connectivity index (χ3v) is 5.28. The van der Waals surface area contributed by atoms with Crippen molar-refractivity contribution in [2.45, 2.75) is 44.3 Å². The monoisotopic (exact) mass is 422 g/mol. The van der Waals surface area contributed by atoms with Gasteiger partial charge in [0.05, 0.1) is 5.56 Å². The maximum Gasteiger partial charge on any atom is 0.416 e. The molecule has 1 amide bonds. The third kappa shape index (κ3) is 7.42. The largest absolute Gasteiger partial charge is 0.416 e. The van der Waals surface area contributed by atoms with Crippen LogP contribution in [0.3, 0.4) is 0 Å². The van der Waals surface area contributed by atoms with Crippen molar-refractivity contribution in [1.29, 1.82) is 0 Å². The molecule has 1 aromatic rings. The van der Waals surface area contributed by atoms with Crippen LogP contribution in [0.4, 0.5) is 18.0 Å². The summed E-state index contributed by atoms with van der Waals surface area (Å²) in [5, 5.41) is 0. The van der Waals surface area contributed by atoms with Gasteiger partial charge in [0.2, 0.25) is 0 Å². The Morgan fingerprint density at radius 3 is 2.40 bits per heavy atom. The number of amides is 1. The van der Waals surface area contributed by atoms with Crippen molar-refractivity contribution in [3.63, 3.8) is 0 Å². The van der Waals surface area contributed by atoms with Crippen LogP contribution in [0.25, 0.3) is 0 Å². The van der Waals surface area contributed by atoms with Gasteiger partial charge in [-0.2, -0.15) is 13.2 Å². The molecule has 0 bridgehead atoms. The van der Waals surface area contributed by atoms with Crippen LogP contribution < -0.4 is 4.74 Å². The van der Waals surface area contributed by atoms with Crippen molar-refractivity contribution in [1.82, 2.24) is 9.80 Å². The molecule has 0 N–H and O–H groups in total. The fourth-order valence-corrected chi connectivity index (χ4v) is 3.42. The normalized spacial score (nSPS) is 19.0. The van der Waals surface area contributed by atoms with E-state index in [0.717, 1.165) is 69.5 Å². The number of ether oxygens (including phenoxy) is 1. The number of halogens is 3. The van der Waals surface area contributed by atoms with Gasteiger partial charge in [-0.05, 0) is 57.0 Å². The quantitative estimate of drug-likeness (QED) is 0.466. The number of rotatable bonds is 6. The van der Waals surface area contributed by atoms with Gasteiger partial charge in [0, 0.05) is 38.5 Å². The molecule has 164 valence electrons. The zero-order chi connectivity index (χ0) is 22.1. The van der Waals surface area contributed by atoms with Crippen LogP contribution in [0, 0.1) is 17.8 Å². The number of benzene rings is 1. The van der Waals surface area contributed by atoms with Gasteiger partial charge in [-0.15, -0.1) is 12.5 Å². The van der Waals surface area contributed by atoms with Crippen LogP contribution >= 0.6 is 0 Å². The van der Waals surface area contributed by atoms with E-state index in [1.165, 1.54) is 4.90 Å². The molecule has 0 heterocycles. The van der Waals surface area contributed by atoms with Gasteiger partial charge in [-0.25, -0.2) is 4.79 Å². The molecule has 1 fully saturated rings. The average Bonchev–Trinajstić information content (AvgIpc) is 2.71. The van der Waals surface area contributed by atoms with E-state index >= 15 is 0 Å². The molecule has 4 nitrogen and oxygen atoms in total. The molecule has 1 aliphatic carbocycles. The van der Waals surface area contributed by atoms with E-state index in [1.807, 2.05) is 13.1 Å². The Bertz CT molecular complexity index is 757. The second kappa shape index (κ2) is 11.1. The summed E-state index contributed by atoms with van der Waals surface area (Å²) in [5.74, 6) is 7.02. The highest BCUT2D eigenvalue weighted by atomic mass is 19.4. The average molecular weight is 422 g/mol. The molecule has 1 saturated carbocycles. The summed E-state index contributed by atoms with van der Waals surface area (Å²) >= 11 is 0. The van der Waals surface area contributed by atoms with Crippen molar-refractivity contribution in [3.05, 3.63) is 42.5 Å². The molecule has 0 saturated heterocycles. The molecule has 0 unspecified atom stereocenters. The van der Waals surface area contributed by atoms with Gasteiger partial charge in [0.15, 0.2) is 0 Å². The van der Waals surface area contributed by atoms with Gasteiger partial charge >= 0.3 is 12.3 Å². The number of hydrogen-bond acceptors (Lipinski definition) is 3. The molecular weight excluding hydrogens is 393 g/mol. The Labute approximate surface area is 176 Å². The Morgan fingerprint density at radius 1 is 1.20 bits per heavy atom. The van der Waals surface area contributed by atoms with E-state index in [-0.39, 0.29) is 11.8 Å². The van der Waals surface area contributed by atoms with Crippen LogP contribution in [0.5, 0.6) is 5.75 Å². The van der Waals surface area contributed by atoms with E-state index in [4.69, 9.17) is 4.74 Å². The van der Waals surface area contributed by atoms with Crippen LogP contribution in [0.1, 0.15) is 37.7 Å². The molecule has 7 heteroatoms. The highest BCUT2D eigenvalue weighted by molar-refractivity contribution is 5.70. The number of nitrogens with zero attached hydrogens (tertiary/aromatic N) is 2. The lowest BCUT2D eigenvalue weighted by atomic mass is 9.86. The van der Waals surface area contributed by atoms with Crippen LogP contribution in [-0.2, 0) is 6.18 Å². The van der Waals surface area contributed by atoms with Crippen molar-refractivity contribution in [2.75, 3.05) is 27.2 Å². The molecule has 2 rings (SSSR count). The van der Waals surface area contributed by atoms with E-state index in [2.05, 4.69) is 23.3 Å². The van der Waals surface area contributed by atoms with Crippen molar-refractivity contribution in [2.24, 2.45) is 5.92 Å². The molecule has 0 aliphatic heterocycles. The smallest absolute Gasteiger partial charge is 0.410 e. The first kappa shape index (κ1) is 23.8. The predicted molar refractivity (Wildman–Crippen MR) is 111 cm³/mol. The lowest BCUT2D eigenvalue weighted by Crippen LogP contribution is -2.40. The lowest BCUT2D eigenvalue weighted by Gasteiger charge is -2.32. The molecule has 30 heavy (non-hydrogen) atoms. The van der Waals surface area contributed by atoms with Crippen molar-refractivity contribution >= 4 is 6.09 Å². The topological polar surface area (TPSA) is 32.8 Å². The summed E-state index contributed by atoms with van der Waals surface area (Å²) in [6, 6.07) is 4.17. The molecule has 1 aliphatic rings. The number of alkyl halides is 3. The summed E-state index contributed by atoms with van der Waals surface area (Å²) in [4.78, 5) is 16.0. The van der Waals surface area contributed by atoms with Crippen LogP contribution in [0.2, 0.25) is 0 Å². The maximum absolute atomic E-state index is 12.6. The lowest BCUT2D eigenvalue weighted by molar-refractivity contribution is -0.137. The summed E-state index contributed by atoms with van der Waals surface area (Å²) in [7, 11) is 3.70. The second-order valence-electron chi connectivity index (χ2n) is 7.63. The highest BCUT2D eigenvalue weighted by Gasteiger charge is 2.30. The van der Waals surface area contributed by atoms with E-state index in [1.54, 1.807) is 7.05 Å². The SMILES string of the molecule is C=CCN(C)CCC#C[C@H]1CC[C@H](N(C)C(=O)Oc2ccc(C(F)(F)F)cc2)CC1. The van der Waals surface area contributed by atoms with Gasteiger partial charge in [-0.3, -0.25) is 0 Å². The molecule has 1 aromatic carbocycles. The summed E-state index contributed by atoms with van der Waals surface area (Å²) < 4.78 is 43.1. The fourth-order valence-electron chi connectivity index (χ4n) is 3.42. The molecule has 0 aromatic heterocycles. The standard InChI is InChI=1S/C23H29F3N2O2/c1-4-16-27(2)17-6-5-7-18-8-12-20(13-9-18)28(3)22(29)30-21-14-10-19(11-15-21)23(24,25)26/h4,10-11,14-15,18,20H,1,6,8-9,12-13,16-17H2,2-3H3/t18-,20-. The minimum absolute atomic E-state index is 0.0451. The number of hydrogen-bond donors (Lipinski definition) is 0. The minimum Gasteiger partial charge on any atom is -0.410 e. The van der Waals surface area contributed by atoms with Crippen molar-refractivity contribution in [3.8, 4) is 17.6 Å². The highest BCUT2D eigenvalue weighted by Crippen LogP contribution is 2.31. The van der Waals surface area contributed by atoms with Crippen LogP contribution in [0.15, 0.2) is 36.9 Å². The van der Waals surface area contributed by atoms with E-state index in [0.29, 0.717) is 5.92 Å². The Balaban J connectivity index is 1.77. The number of carbonyl (C=O) groups excluding carboxylic acids is 1. The number of carbonyl (C=O) groups is 1. The first-order valence-corrected chi connectivity index (χ1v) is 10.1. The van der Waals surface area contributed by atoms with Gasteiger partial charge < -0.3 is 14.5 Å². The molecule has 0 atom stereocenters. The Morgan fingerprint density at radius 2 is 1.83 bits per heavy atom. The fraction of sp³-hybridized carbons (Fsp3) is 0.522. The van der Waals surface area contributed by atoms with Crippen molar-refractivity contribution < 1.29 is 22.7 Å². The minimum atomic E-state index is -4.41. The van der Waals surface area contributed by atoms with Gasteiger partial charge in [0.25, 0.3) is 0 Å². The first-order valence-electron chi connectivity index (χ1n) is 10.1. The third-order valence-electron chi connectivity index (χ3n) is 5.28. The second-order valence-corrected chi connectivity index (χ2v) is 7.63. The zero-order valence-electron chi connectivity index (χ0n) is 17.5. The zero-order valence-corrected chi connectivity index (χ0v) is 17.5. The number of likely N-dealkylation sites (N-methyl/N-ethyl adjacent to an activating group) is 1. The Hall–Kier alpha value is -2.46. The summed E-state index contributed by atoms with van der Waals surface area (Å²) in [5.41, 5.74) is -0.776. The molecule has 0 spiro atoms. The Kier molecular flexibility index (Phi) is 8.79. The van der Waals surface area contributed by atoms with E-state index < -0.39 is 17.8 Å². The maximum atomic E-state index is 12.6. The predicted octanol–water partition coefficient (Wildman–Crippen LogP) is 5.21. The van der Waals surface area contributed by atoms with Gasteiger partial charge in [-0.1, -0.05) is 12.0 Å². The van der Waals surface area contributed by atoms with E-state index in [9.17, 15) is 18.0 Å². The van der Waals surface area contributed by atoms with Crippen LogP contribution in [-0.4, -0.2) is 49.1 Å². The molecular formula is C23H29F3N2O2.